The van der Waals surface area contributed by atoms with Crippen LogP contribution in [-0.4, -0.2) is 27.7 Å². The van der Waals surface area contributed by atoms with Crippen molar-refractivity contribution in [1.29, 1.82) is 0 Å². The van der Waals surface area contributed by atoms with Crippen molar-refractivity contribution in [3.63, 3.8) is 0 Å². The number of aromatic nitrogens is 2. The highest BCUT2D eigenvalue weighted by Gasteiger charge is 2.18. The summed E-state index contributed by atoms with van der Waals surface area (Å²) in [6.07, 6.45) is -0.102. The number of carboxylic acids is 1. The van der Waals surface area contributed by atoms with Gasteiger partial charge in [0.1, 0.15) is 11.6 Å². The van der Waals surface area contributed by atoms with E-state index in [9.17, 15) is 4.79 Å². The number of fused-ring (bicyclic) bond motifs is 1. The molecule has 0 bridgehead atoms. The number of methoxy groups -OCH3 is 1. The minimum absolute atomic E-state index is 0.102. The number of aliphatic carboxylic acids is 1. The fourth-order valence-corrected chi connectivity index (χ4v) is 3.10. The Morgan fingerprint density at radius 1 is 1.33 bits per heavy atom. The van der Waals surface area contributed by atoms with Crippen molar-refractivity contribution in [3.8, 4) is 17.1 Å². The Hall–Kier alpha value is -2.53. The summed E-state index contributed by atoms with van der Waals surface area (Å²) in [5.41, 5.74) is 3.16. The van der Waals surface area contributed by atoms with Gasteiger partial charge in [-0.25, -0.2) is 4.98 Å². The number of carbonyl (C=O) groups is 1. The summed E-state index contributed by atoms with van der Waals surface area (Å²) in [7, 11) is 1.54. The van der Waals surface area contributed by atoms with Crippen molar-refractivity contribution in [2.24, 2.45) is 0 Å². The van der Waals surface area contributed by atoms with Gasteiger partial charge in [-0.05, 0) is 31.2 Å². The second kappa shape index (κ2) is 6.53. The van der Waals surface area contributed by atoms with E-state index in [1.807, 2.05) is 37.3 Å². The quantitative estimate of drug-likeness (QED) is 0.759. The molecule has 0 spiro atoms. The number of aryl methyl sites for hydroxylation is 1. The number of hydrogen-bond acceptors (Lipinski definition) is 3. The third-order valence-corrected chi connectivity index (χ3v) is 4.14. The number of hydrogen-bond donors (Lipinski definition) is 1. The van der Waals surface area contributed by atoms with Gasteiger partial charge in [-0.1, -0.05) is 23.7 Å². The number of nitrogens with zero attached hydrogens (tertiary/aromatic N) is 2. The summed E-state index contributed by atoms with van der Waals surface area (Å²) in [6, 6.07) is 11.1. The van der Waals surface area contributed by atoms with Crippen molar-refractivity contribution in [2.75, 3.05) is 7.11 Å². The van der Waals surface area contributed by atoms with Crippen LogP contribution in [0.5, 0.6) is 5.75 Å². The van der Waals surface area contributed by atoms with E-state index in [1.54, 1.807) is 13.2 Å². The van der Waals surface area contributed by atoms with Gasteiger partial charge in [0, 0.05) is 17.1 Å². The van der Waals surface area contributed by atoms with E-state index < -0.39 is 5.97 Å². The fourth-order valence-electron chi connectivity index (χ4n) is 2.93. The molecule has 3 rings (SSSR count). The third-order valence-electron chi connectivity index (χ3n) is 3.91. The molecule has 124 valence electrons. The molecule has 0 unspecified atom stereocenters. The van der Waals surface area contributed by atoms with Crippen molar-refractivity contribution in [3.05, 3.63) is 47.0 Å². The zero-order valence-corrected chi connectivity index (χ0v) is 14.2. The molecule has 6 heteroatoms. The average Bonchev–Trinajstić information content (AvgIpc) is 2.91. The Morgan fingerprint density at radius 3 is 2.79 bits per heavy atom. The first kappa shape index (κ1) is 16.3. The average molecular weight is 345 g/mol. The second-order valence-electron chi connectivity index (χ2n) is 5.38. The van der Waals surface area contributed by atoms with E-state index in [4.69, 9.17) is 26.4 Å². The maximum absolute atomic E-state index is 11.1. The van der Waals surface area contributed by atoms with Crippen LogP contribution in [0.1, 0.15) is 12.5 Å². The predicted octanol–water partition coefficient (Wildman–Crippen LogP) is 4.01. The van der Waals surface area contributed by atoms with Gasteiger partial charge in [0.25, 0.3) is 0 Å². The molecular weight excluding hydrogens is 328 g/mol. The molecule has 0 fully saturated rings. The molecule has 0 amide bonds. The number of halogens is 1. The summed E-state index contributed by atoms with van der Waals surface area (Å²) in [4.78, 5) is 15.8. The zero-order chi connectivity index (χ0) is 17.3. The summed E-state index contributed by atoms with van der Waals surface area (Å²) in [5.74, 6) is 0.371. The Morgan fingerprint density at radius 2 is 2.12 bits per heavy atom. The van der Waals surface area contributed by atoms with Crippen LogP contribution in [-0.2, 0) is 17.8 Å². The lowest BCUT2D eigenvalue weighted by Crippen LogP contribution is -2.05. The first-order chi connectivity index (χ1) is 11.5. The summed E-state index contributed by atoms with van der Waals surface area (Å²) >= 11 is 6.07. The van der Waals surface area contributed by atoms with Crippen molar-refractivity contribution >= 4 is 28.6 Å². The molecule has 1 N–H and O–H groups in total. The minimum atomic E-state index is -0.902. The molecule has 1 aromatic heterocycles. The van der Waals surface area contributed by atoms with Crippen LogP contribution in [0.4, 0.5) is 0 Å². The maximum Gasteiger partial charge on any atom is 0.307 e. The number of benzene rings is 2. The van der Waals surface area contributed by atoms with Crippen molar-refractivity contribution in [1.82, 2.24) is 9.55 Å². The lowest BCUT2D eigenvalue weighted by Gasteiger charge is -2.13. The van der Waals surface area contributed by atoms with Gasteiger partial charge in [0.05, 0.1) is 30.1 Å². The Balaban J connectivity index is 2.25. The number of ether oxygens (including phenoxy) is 1. The number of carboxylic acid groups (broad SMARTS) is 1. The van der Waals surface area contributed by atoms with Crippen molar-refractivity contribution < 1.29 is 14.6 Å². The van der Waals surface area contributed by atoms with Gasteiger partial charge in [-0.3, -0.25) is 4.79 Å². The number of para-hydroxylation sites is 1. The van der Waals surface area contributed by atoms with Gasteiger partial charge in [0.2, 0.25) is 0 Å². The molecule has 1 heterocycles. The van der Waals surface area contributed by atoms with Gasteiger partial charge in [0.15, 0.2) is 0 Å². The predicted molar refractivity (Wildman–Crippen MR) is 93.7 cm³/mol. The van der Waals surface area contributed by atoms with Crippen LogP contribution in [0.25, 0.3) is 22.4 Å². The highest BCUT2D eigenvalue weighted by Crippen LogP contribution is 2.35. The molecule has 5 nitrogen and oxygen atoms in total. The molecule has 0 atom stereocenters. The van der Waals surface area contributed by atoms with E-state index in [1.165, 1.54) is 0 Å². The van der Waals surface area contributed by atoms with Crippen LogP contribution in [0, 0.1) is 0 Å². The Kier molecular flexibility index (Phi) is 4.44. The normalized spacial score (nSPS) is 11.0. The largest absolute Gasteiger partial charge is 0.496 e. The standard InChI is InChI=1S/C18H17ClN2O3/c1-3-21-15-8-7-12(19)10-14(15)20-18(21)13-6-4-5-11(9-16(22)23)17(13)24-2/h4-8,10H,3,9H2,1-2H3,(H,22,23). The van der Waals surface area contributed by atoms with Gasteiger partial charge < -0.3 is 14.4 Å². The summed E-state index contributed by atoms with van der Waals surface area (Å²) < 4.78 is 7.57. The summed E-state index contributed by atoms with van der Waals surface area (Å²) in [6.45, 7) is 2.76. The first-order valence-corrected chi connectivity index (χ1v) is 7.96. The van der Waals surface area contributed by atoms with Gasteiger partial charge >= 0.3 is 5.97 Å². The van der Waals surface area contributed by atoms with Crippen LogP contribution in [0.15, 0.2) is 36.4 Å². The topological polar surface area (TPSA) is 64.4 Å². The minimum Gasteiger partial charge on any atom is -0.496 e. The lowest BCUT2D eigenvalue weighted by molar-refractivity contribution is -0.136. The van der Waals surface area contributed by atoms with E-state index in [2.05, 4.69) is 4.57 Å². The van der Waals surface area contributed by atoms with E-state index in [-0.39, 0.29) is 6.42 Å². The highest BCUT2D eigenvalue weighted by molar-refractivity contribution is 6.31. The van der Waals surface area contributed by atoms with Crippen LogP contribution >= 0.6 is 11.6 Å². The first-order valence-electron chi connectivity index (χ1n) is 7.59. The summed E-state index contributed by atoms with van der Waals surface area (Å²) in [5, 5.41) is 9.73. The molecule has 0 aliphatic heterocycles. The molecular formula is C18H17ClN2O3. The zero-order valence-electron chi connectivity index (χ0n) is 13.4. The monoisotopic (exact) mass is 344 g/mol. The maximum atomic E-state index is 11.1. The molecule has 24 heavy (non-hydrogen) atoms. The van der Waals surface area contributed by atoms with Crippen LogP contribution in [0.3, 0.4) is 0 Å². The van der Waals surface area contributed by atoms with E-state index in [0.29, 0.717) is 16.3 Å². The molecule has 0 aliphatic rings. The highest BCUT2D eigenvalue weighted by atomic mass is 35.5. The third kappa shape index (κ3) is 2.83. The van der Waals surface area contributed by atoms with Gasteiger partial charge in [-0.15, -0.1) is 0 Å². The van der Waals surface area contributed by atoms with Crippen molar-refractivity contribution in [2.45, 2.75) is 19.9 Å². The van der Waals surface area contributed by atoms with Crippen LogP contribution in [0.2, 0.25) is 5.02 Å². The Labute approximate surface area is 144 Å². The molecule has 0 saturated heterocycles. The Bertz CT molecular complexity index is 918. The SMILES string of the molecule is CCn1c(-c2cccc(CC(=O)O)c2OC)nc2cc(Cl)ccc21. The fraction of sp³-hybridized carbons (Fsp3) is 0.222. The molecule has 0 saturated carbocycles. The van der Waals surface area contributed by atoms with Crippen LogP contribution < -0.4 is 4.74 Å². The smallest absolute Gasteiger partial charge is 0.307 e. The molecule has 3 aromatic rings. The molecule has 2 aromatic carbocycles. The lowest BCUT2D eigenvalue weighted by atomic mass is 10.1. The second-order valence-corrected chi connectivity index (χ2v) is 5.82. The molecule has 0 aliphatic carbocycles. The molecule has 0 radical (unpaired) electrons. The number of rotatable bonds is 5. The van der Waals surface area contributed by atoms with Gasteiger partial charge in [-0.2, -0.15) is 0 Å². The van der Waals surface area contributed by atoms with E-state index in [0.717, 1.165) is 29.0 Å². The van der Waals surface area contributed by atoms with E-state index >= 15 is 0 Å². The number of imidazole rings is 1.